The van der Waals surface area contributed by atoms with Crippen molar-refractivity contribution in [1.29, 1.82) is 0 Å². The molecule has 2 aromatic heterocycles. The van der Waals surface area contributed by atoms with E-state index in [0.717, 1.165) is 32.0 Å². The number of hydrogen-bond donors (Lipinski definition) is 0. The third kappa shape index (κ3) is 3.24. The van der Waals surface area contributed by atoms with Gasteiger partial charge in [-0.3, -0.25) is 0 Å². The second-order valence-corrected chi connectivity index (χ2v) is 4.94. The maximum atomic E-state index is 12.9. The molecule has 2 aromatic rings. The van der Waals surface area contributed by atoms with E-state index < -0.39 is 5.82 Å². The van der Waals surface area contributed by atoms with Crippen molar-refractivity contribution in [3.05, 3.63) is 36.4 Å². The van der Waals surface area contributed by atoms with E-state index in [9.17, 15) is 4.39 Å². The summed E-state index contributed by atoms with van der Waals surface area (Å²) in [6.45, 7) is 5.70. The van der Waals surface area contributed by atoms with E-state index in [4.69, 9.17) is 4.74 Å². The lowest BCUT2D eigenvalue weighted by atomic mass is 10.3. The molecule has 0 spiro atoms. The Morgan fingerprint density at radius 2 is 1.77 bits per heavy atom. The van der Waals surface area contributed by atoms with E-state index in [1.54, 1.807) is 0 Å². The summed E-state index contributed by atoms with van der Waals surface area (Å²) in [4.78, 5) is 16.8. The van der Waals surface area contributed by atoms with E-state index in [1.165, 1.54) is 12.4 Å². The van der Waals surface area contributed by atoms with Crippen LogP contribution in [0.25, 0.3) is 0 Å². The molecule has 0 amide bonds. The van der Waals surface area contributed by atoms with Crippen LogP contribution < -0.4 is 14.5 Å². The third-order valence-electron chi connectivity index (χ3n) is 3.49. The summed E-state index contributed by atoms with van der Waals surface area (Å²) < 4.78 is 18.3. The monoisotopic (exact) mass is 303 g/mol. The first kappa shape index (κ1) is 14.5. The minimum absolute atomic E-state index is 0.417. The molecule has 0 unspecified atom stereocenters. The Kier molecular flexibility index (Phi) is 4.32. The molecule has 0 aromatic carbocycles. The molecule has 6 nitrogen and oxygen atoms in total. The van der Waals surface area contributed by atoms with Crippen molar-refractivity contribution in [2.75, 3.05) is 42.6 Å². The zero-order valence-corrected chi connectivity index (χ0v) is 12.4. The number of nitrogens with zero attached hydrogens (tertiary/aromatic N) is 5. The molecule has 3 heterocycles. The maximum absolute atomic E-state index is 12.9. The van der Waals surface area contributed by atoms with Gasteiger partial charge in [0.1, 0.15) is 5.82 Å². The van der Waals surface area contributed by atoms with Gasteiger partial charge in [0, 0.05) is 32.2 Å². The molecule has 1 saturated heterocycles. The molecule has 0 saturated carbocycles. The molecule has 116 valence electrons. The van der Waals surface area contributed by atoms with E-state index in [2.05, 4.69) is 19.9 Å². The van der Waals surface area contributed by atoms with Gasteiger partial charge in [0.15, 0.2) is 5.82 Å². The average Bonchev–Trinajstić information content (AvgIpc) is 2.56. The van der Waals surface area contributed by atoms with Crippen LogP contribution in [0.5, 0.6) is 5.88 Å². The molecule has 3 rings (SSSR count). The Bertz CT molecular complexity index is 614. The number of piperazine rings is 1. The van der Waals surface area contributed by atoms with Crippen molar-refractivity contribution in [2.24, 2.45) is 0 Å². The van der Waals surface area contributed by atoms with Gasteiger partial charge < -0.3 is 14.5 Å². The lowest BCUT2D eigenvalue weighted by Crippen LogP contribution is -2.47. The zero-order valence-electron chi connectivity index (χ0n) is 12.4. The summed E-state index contributed by atoms with van der Waals surface area (Å²) in [7, 11) is 0. The SMILES string of the molecule is CCOc1cccc(N2CCN(c3ncc(F)cn3)CC2)n1. The third-order valence-corrected chi connectivity index (χ3v) is 3.49. The molecule has 1 fully saturated rings. The van der Waals surface area contributed by atoms with Crippen LogP contribution in [0.2, 0.25) is 0 Å². The summed E-state index contributed by atoms with van der Waals surface area (Å²) in [6, 6.07) is 5.78. The first-order valence-corrected chi connectivity index (χ1v) is 7.33. The van der Waals surface area contributed by atoms with Crippen LogP contribution in [0.4, 0.5) is 16.2 Å². The Morgan fingerprint density at radius 1 is 1.09 bits per heavy atom. The quantitative estimate of drug-likeness (QED) is 0.857. The van der Waals surface area contributed by atoms with Crippen molar-refractivity contribution in [1.82, 2.24) is 15.0 Å². The molecule has 22 heavy (non-hydrogen) atoms. The number of ether oxygens (including phenoxy) is 1. The zero-order chi connectivity index (χ0) is 15.4. The topological polar surface area (TPSA) is 54.4 Å². The summed E-state index contributed by atoms with van der Waals surface area (Å²) in [6.07, 6.45) is 2.39. The van der Waals surface area contributed by atoms with Crippen LogP contribution in [-0.4, -0.2) is 47.7 Å². The number of hydrogen-bond acceptors (Lipinski definition) is 6. The molecule has 0 aliphatic carbocycles. The predicted molar refractivity (Wildman–Crippen MR) is 81.8 cm³/mol. The molecule has 0 N–H and O–H groups in total. The van der Waals surface area contributed by atoms with E-state index >= 15 is 0 Å². The molecule has 0 bridgehead atoms. The first-order chi connectivity index (χ1) is 10.8. The van der Waals surface area contributed by atoms with Gasteiger partial charge in [-0.15, -0.1) is 0 Å². The number of aromatic nitrogens is 3. The lowest BCUT2D eigenvalue weighted by molar-refractivity contribution is 0.327. The normalized spacial score (nSPS) is 15.0. The highest BCUT2D eigenvalue weighted by molar-refractivity contribution is 5.43. The van der Waals surface area contributed by atoms with Crippen LogP contribution in [0.3, 0.4) is 0 Å². The van der Waals surface area contributed by atoms with Crippen molar-refractivity contribution >= 4 is 11.8 Å². The van der Waals surface area contributed by atoms with Crippen molar-refractivity contribution < 1.29 is 9.13 Å². The van der Waals surface area contributed by atoms with Gasteiger partial charge in [-0.25, -0.2) is 14.4 Å². The summed E-state index contributed by atoms with van der Waals surface area (Å²) >= 11 is 0. The Morgan fingerprint density at radius 3 is 2.45 bits per heavy atom. The molecule has 1 aliphatic rings. The molecule has 1 aliphatic heterocycles. The fourth-order valence-corrected chi connectivity index (χ4v) is 2.41. The highest BCUT2D eigenvalue weighted by atomic mass is 19.1. The van der Waals surface area contributed by atoms with E-state index in [0.29, 0.717) is 18.4 Å². The van der Waals surface area contributed by atoms with Crippen molar-refractivity contribution in [2.45, 2.75) is 6.92 Å². The fraction of sp³-hybridized carbons (Fsp3) is 0.400. The van der Waals surface area contributed by atoms with Gasteiger partial charge in [-0.05, 0) is 13.0 Å². The van der Waals surface area contributed by atoms with Gasteiger partial charge in [0.2, 0.25) is 11.8 Å². The van der Waals surface area contributed by atoms with Gasteiger partial charge in [0.05, 0.1) is 19.0 Å². The largest absolute Gasteiger partial charge is 0.478 e. The van der Waals surface area contributed by atoms with E-state index in [-0.39, 0.29) is 0 Å². The molecule has 0 atom stereocenters. The van der Waals surface area contributed by atoms with Crippen LogP contribution >= 0.6 is 0 Å². The number of halogens is 1. The predicted octanol–water partition coefficient (Wildman–Crippen LogP) is 1.74. The van der Waals surface area contributed by atoms with Crippen LogP contribution in [-0.2, 0) is 0 Å². The second kappa shape index (κ2) is 6.55. The average molecular weight is 303 g/mol. The first-order valence-electron chi connectivity index (χ1n) is 7.33. The van der Waals surface area contributed by atoms with Crippen LogP contribution in [0.15, 0.2) is 30.6 Å². The summed E-state index contributed by atoms with van der Waals surface area (Å²) in [5.41, 5.74) is 0. The number of pyridine rings is 1. The van der Waals surface area contributed by atoms with Crippen LogP contribution in [0.1, 0.15) is 6.92 Å². The van der Waals surface area contributed by atoms with Gasteiger partial charge in [0.25, 0.3) is 0 Å². The fourth-order valence-electron chi connectivity index (χ4n) is 2.41. The minimum atomic E-state index is -0.417. The number of rotatable bonds is 4. The molecular formula is C15H18FN5O. The smallest absolute Gasteiger partial charge is 0.225 e. The number of anilines is 2. The Hall–Kier alpha value is -2.44. The van der Waals surface area contributed by atoms with E-state index in [1.807, 2.05) is 30.0 Å². The van der Waals surface area contributed by atoms with Crippen molar-refractivity contribution in [3.8, 4) is 5.88 Å². The maximum Gasteiger partial charge on any atom is 0.225 e. The molecular weight excluding hydrogens is 285 g/mol. The Balaban J connectivity index is 1.64. The molecule has 0 radical (unpaired) electrons. The highest BCUT2D eigenvalue weighted by Gasteiger charge is 2.20. The standard InChI is InChI=1S/C15H18FN5O/c1-2-22-14-5-3-4-13(19-14)20-6-8-21(9-7-20)15-17-10-12(16)11-18-15/h3-5,10-11H,2,6-9H2,1H3. The second-order valence-electron chi connectivity index (χ2n) is 4.94. The summed E-state index contributed by atoms with van der Waals surface area (Å²) in [5, 5.41) is 0. The summed E-state index contributed by atoms with van der Waals surface area (Å²) in [5.74, 6) is 1.70. The van der Waals surface area contributed by atoms with Crippen molar-refractivity contribution in [3.63, 3.8) is 0 Å². The lowest BCUT2D eigenvalue weighted by Gasteiger charge is -2.35. The van der Waals surface area contributed by atoms with Gasteiger partial charge >= 0.3 is 0 Å². The molecule has 7 heteroatoms. The van der Waals surface area contributed by atoms with Gasteiger partial charge in [-0.1, -0.05) is 6.07 Å². The highest BCUT2D eigenvalue weighted by Crippen LogP contribution is 2.19. The minimum Gasteiger partial charge on any atom is -0.478 e. The van der Waals surface area contributed by atoms with Crippen LogP contribution in [0, 0.1) is 5.82 Å². The Labute approximate surface area is 128 Å². The van der Waals surface area contributed by atoms with Gasteiger partial charge in [-0.2, -0.15) is 4.98 Å².